The number of aromatic nitrogens is 1. The van der Waals surface area contributed by atoms with Crippen LogP contribution in [0.25, 0.3) is 60.9 Å². The first kappa shape index (κ1) is 25.1. The van der Waals surface area contributed by atoms with Crippen LogP contribution in [-0.4, -0.2) is 11.3 Å². The van der Waals surface area contributed by atoms with Crippen molar-refractivity contribution in [3.8, 4) is 39.1 Å². The Balaban J connectivity index is 1.33. The van der Waals surface area contributed by atoms with Gasteiger partial charge in [0.2, 0.25) is 6.71 Å². The molecule has 0 N–H and O–H groups in total. The molecule has 1 aromatic heterocycles. The van der Waals surface area contributed by atoms with Crippen LogP contribution in [0, 0.1) is 0 Å². The summed E-state index contributed by atoms with van der Waals surface area (Å²) in [6.07, 6.45) is 0. The van der Waals surface area contributed by atoms with Gasteiger partial charge >= 0.3 is 0 Å². The normalized spacial score (nSPS) is 12.8. The van der Waals surface area contributed by atoms with Gasteiger partial charge < -0.3 is 4.57 Å². The molecule has 8 aromatic rings. The summed E-state index contributed by atoms with van der Waals surface area (Å²) in [4.78, 5) is 2.70. The molecule has 1 nitrogen and oxygen atoms in total. The van der Waals surface area contributed by atoms with E-state index in [0.717, 1.165) is 0 Å². The first-order valence-corrected chi connectivity index (χ1v) is 16.4. The molecule has 0 saturated heterocycles. The summed E-state index contributed by atoms with van der Waals surface area (Å²) in [5.74, 6) is 0. The highest BCUT2D eigenvalue weighted by atomic mass is 32.2. The minimum absolute atomic E-state index is 0.146. The highest BCUT2D eigenvalue weighted by Gasteiger charge is 2.39. The SMILES string of the molecule is c1ccc(-c2ccc3c(c2)B2c4c(cccc4-n4c5ccc(-c6ccccc6)cc5c5cc(-c6ccccc6)cc2c54)S3)cc1. The Bertz CT molecular complexity index is 2450. The molecule has 7 aromatic carbocycles. The molecule has 2 aliphatic rings. The van der Waals surface area contributed by atoms with Crippen LogP contribution in [0.2, 0.25) is 0 Å². The van der Waals surface area contributed by atoms with Gasteiger partial charge in [0, 0.05) is 31.8 Å². The van der Waals surface area contributed by atoms with Crippen molar-refractivity contribution < 1.29 is 0 Å². The molecule has 0 fully saturated rings. The Morgan fingerprint density at radius 1 is 0.422 bits per heavy atom. The van der Waals surface area contributed by atoms with E-state index in [9.17, 15) is 0 Å². The largest absolute Gasteiger partial charge is 0.310 e. The van der Waals surface area contributed by atoms with E-state index in [-0.39, 0.29) is 6.71 Å². The molecule has 0 aliphatic carbocycles. The minimum Gasteiger partial charge on any atom is -0.310 e. The summed E-state index contributed by atoms with van der Waals surface area (Å²) in [5, 5.41) is 2.61. The molecule has 0 amide bonds. The number of hydrogen-bond acceptors (Lipinski definition) is 1. The molecule has 0 spiro atoms. The summed E-state index contributed by atoms with van der Waals surface area (Å²) in [5.41, 5.74) is 15.6. The lowest BCUT2D eigenvalue weighted by molar-refractivity contribution is 1.17. The lowest BCUT2D eigenvalue weighted by Gasteiger charge is -2.33. The standard InChI is InChI=1S/C42H26BNS/c1-4-11-27(12-5-1)30-19-21-37-33(23-30)34-24-32(29-15-8-3-9-16-29)26-36-42(34)44(37)38-17-10-18-40-41(38)43(36)35-25-31(20-22-39(35)45-40)28-13-6-2-7-14-28/h1-26H. The fourth-order valence-corrected chi connectivity index (χ4v) is 8.78. The van der Waals surface area contributed by atoms with Gasteiger partial charge in [0.05, 0.1) is 5.52 Å². The molecule has 3 heteroatoms. The van der Waals surface area contributed by atoms with E-state index in [1.165, 1.54) is 87.1 Å². The monoisotopic (exact) mass is 587 g/mol. The van der Waals surface area contributed by atoms with Crippen LogP contribution in [0.4, 0.5) is 0 Å². The van der Waals surface area contributed by atoms with Crippen molar-refractivity contribution in [1.29, 1.82) is 0 Å². The third kappa shape index (κ3) is 3.71. The summed E-state index contributed by atoms with van der Waals surface area (Å²) in [6, 6.07) is 58.3. The van der Waals surface area contributed by atoms with Crippen molar-refractivity contribution in [2.24, 2.45) is 0 Å². The van der Waals surface area contributed by atoms with Crippen molar-refractivity contribution in [1.82, 2.24) is 4.57 Å². The van der Waals surface area contributed by atoms with Crippen LogP contribution in [0.1, 0.15) is 0 Å². The van der Waals surface area contributed by atoms with Crippen LogP contribution in [0.5, 0.6) is 0 Å². The van der Waals surface area contributed by atoms with E-state index in [0.29, 0.717) is 0 Å². The average molecular weight is 588 g/mol. The molecule has 3 heterocycles. The predicted molar refractivity (Wildman–Crippen MR) is 192 cm³/mol. The van der Waals surface area contributed by atoms with E-state index >= 15 is 0 Å². The zero-order valence-electron chi connectivity index (χ0n) is 24.4. The van der Waals surface area contributed by atoms with E-state index in [1.54, 1.807) is 0 Å². The zero-order valence-corrected chi connectivity index (χ0v) is 25.3. The lowest BCUT2D eigenvalue weighted by Crippen LogP contribution is -2.58. The topological polar surface area (TPSA) is 4.93 Å². The fourth-order valence-electron chi connectivity index (χ4n) is 7.64. The van der Waals surface area contributed by atoms with Gasteiger partial charge in [0.1, 0.15) is 0 Å². The van der Waals surface area contributed by atoms with Crippen molar-refractivity contribution >= 4 is 56.7 Å². The van der Waals surface area contributed by atoms with E-state index < -0.39 is 0 Å². The zero-order chi connectivity index (χ0) is 29.5. The highest BCUT2D eigenvalue weighted by molar-refractivity contribution is 8.00. The maximum Gasteiger partial charge on any atom is 0.249 e. The van der Waals surface area contributed by atoms with E-state index in [4.69, 9.17) is 0 Å². The molecule has 10 rings (SSSR count). The van der Waals surface area contributed by atoms with Gasteiger partial charge in [-0.3, -0.25) is 0 Å². The first-order valence-electron chi connectivity index (χ1n) is 15.6. The number of hydrogen-bond donors (Lipinski definition) is 0. The van der Waals surface area contributed by atoms with Crippen LogP contribution in [-0.2, 0) is 0 Å². The number of benzene rings is 7. The van der Waals surface area contributed by atoms with Gasteiger partial charge in [-0.1, -0.05) is 139 Å². The predicted octanol–water partition coefficient (Wildman–Crippen LogP) is 9.08. The number of rotatable bonds is 3. The van der Waals surface area contributed by atoms with Gasteiger partial charge in [-0.25, -0.2) is 0 Å². The maximum atomic E-state index is 2.55. The maximum absolute atomic E-state index is 2.55. The van der Waals surface area contributed by atoms with Crippen LogP contribution < -0.4 is 16.4 Å². The summed E-state index contributed by atoms with van der Waals surface area (Å²) in [7, 11) is 0. The lowest BCUT2D eigenvalue weighted by atomic mass is 9.35. The van der Waals surface area contributed by atoms with Crippen molar-refractivity contribution in [3.05, 3.63) is 158 Å². The number of fused-ring (bicyclic) bond motifs is 7. The Kier molecular flexibility index (Phi) is 5.37. The molecular formula is C42H26BNS. The van der Waals surface area contributed by atoms with Gasteiger partial charge in [-0.15, -0.1) is 0 Å². The third-order valence-corrected chi connectivity index (χ3v) is 10.8. The molecule has 208 valence electrons. The number of nitrogens with zero attached hydrogens (tertiary/aromatic N) is 1. The van der Waals surface area contributed by atoms with Gasteiger partial charge in [0.25, 0.3) is 0 Å². The fraction of sp³-hybridized carbons (Fsp3) is 0. The summed E-state index contributed by atoms with van der Waals surface area (Å²) < 4.78 is 2.55. The average Bonchev–Trinajstić information content (AvgIpc) is 3.45. The summed E-state index contributed by atoms with van der Waals surface area (Å²) in [6.45, 7) is 0.146. The second kappa shape index (κ2) is 9.63. The molecule has 45 heavy (non-hydrogen) atoms. The first-order chi connectivity index (χ1) is 22.3. The van der Waals surface area contributed by atoms with E-state index in [2.05, 4.69) is 162 Å². The smallest absolute Gasteiger partial charge is 0.249 e. The minimum atomic E-state index is 0.146. The van der Waals surface area contributed by atoms with Crippen LogP contribution in [0.15, 0.2) is 168 Å². The molecule has 0 atom stereocenters. The summed E-state index contributed by atoms with van der Waals surface area (Å²) >= 11 is 1.91. The molecule has 0 saturated carbocycles. The second-order valence-corrected chi connectivity index (χ2v) is 13.2. The van der Waals surface area contributed by atoms with Gasteiger partial charge in [-0.2, -0.15) is 0 Å². The van der Waals surface area contributed by atoms with Gasteiger partial charge in [-0.05, 0) is 80.7 Å². The van der Waals surface area contributed by atoms with Crippen LogP contribution in [0.3, 0.4) is 0 Å². The Morgan fingerprint density at radius 3 is 1.73 bits per heavy atom. The molecular weight excluding hydrogens is 561 g/mol. The van der Waals surface area contributed by atoms with E-state index in [1.807, 2.05) is 11.8 Å². The van der Waals surface area contributed by atoms with Gasteiger partial charge in [0.15, 0.2) is 0 Å². The van der Waals surface area contributed by atoms with Crippen molar-refractivity contribution in [3.63, 3.8) is 0 Å². The van der Waals surface area contributed by atoms with Crippen LogP contribution >= 0.6 is 11.8 Å². The Morgan fingerprint density at radius 2 is 1.02 bits per heavy atom. The van der Waals surface area contributed by atoms with Crippen molar-refractivity contribution in [2.45, 2.75) is 9.79 Å². The molecule has 0 bridgehead atoms. The molecule has 0 radical (unpaired) electrons. The molecule has 0 unspecified atom stereocenters. The second-order valence-electron chi connectivity index (χ2n) is 12.1. The Labute approximate surface area is 266 Å². The molecule has 2 aliphatic heterocycles. The highest BCUT2D eigenvalue weighted by Crippen LogP contribution is 2.41. The third-order valence-electron chi connectivity index (χ3n) is 9.64. The quantitative estimate of drug-likeness (QED) is 0.187. The van der Waals surface area contributed by atoms with Crippen molar-refractivity contribution in [2.75, 3.05) is 0 Å². The Hall–Kier alpha value is -5.25.